The maximum absolute atomic E-state index is 11.2. The number of hydrogen-bond donors (Lipinski definition) is 1. The average Bonchev–Trinajstić information content (AvgIpc) is 2.49. The van der Waals surface area contributed by atoms with Gasteiger partial charge in [0.25, 0.3) is 0 Å². The minimum atomic E-state index is 0.336. The first-order valence-corrected chi connectivity index (χ1v) is 6.08. The van der Waals surface area contributed by atoms with Gasteiger partial charge in [-0.2, -0.15) is 0 Å². The van der Waals surface area contributed by atoms with Crippen LogP contribution < -0.4 is 5.73 Å². The van der Waals surface area contributed by atoms with E-state index in [-0.39, 0.29) is 0 Å². The number of nitrogens with two attached hydrogens (primary N) is 1. The number of ketones is 1. The van der Waals surface area contributed by atoms with E-state index in [4.69, 9.17) is 5.73 Å². The van der Waals surface area contributed by atoms with E-state index in [9.17, 15) is 4.79 Å². The molecule has 1 saturated heterocycles. The zero-order valence-electron chi connectivity index (χ0n) is 7.92. The highest BCUT2D eigenvalue weighted by molar-refractivity contribution is 8.01. The molecule has 2 N–H and O–H groups in total. The summed E-state index contributed by atoms with van der Waals surface area (Å²) >= 11 is 1.90. The second kappa shape index (κ2) is 3.62. The third kappa shape index (κ3) is 1.91. The molecule has 2 fully saturated rings. The van der Waals surface area contributed by atoms with Crippen LogP contribution in [0.3, 0.4) is 0 Å². The Balaban J connectivity index is 1.93. The Morgan fingerprint density at radius 2 is 2.15 bits per heavy atom. The number of Topliss-reactive ketones (excluding diaryl/α,β-unsaturated/α-hetero) is 1. The van der Waals surface area contributed by atoms with Gasteiger partial charge in [0.2, 0.25) is 0 Å². The van der Waals surface area contributed by atoms with Gasteiger partial charge in [-0.05, 0) is 38.1 Å². The van der Waals surface area contributed by atoms with Crippen LogP contribution in [-0.2, 0) is 4.79 Å². The fourth-order valence-electron chi connectivity index (χ4n) is 2.46. The molecule has 1 aliphatic heterocycles. The Morgan fingerprint density at radius 1 is 1.46 bits per heavy atom. The van der Waals surface area contributed by atoms with Gasteiger partial charge < -0.3 is 5.73 Å². The van der Waals surface area contributed by atoms with Crippen LogP contribution in [0.25, 0.3) is 0 Å². The standard InChI is InChI=1S/C10H17NOS/c11-6-8-1-3-10(4-2-8)5-9(12)7-13-10/h8H,1-7,11H2. The van der Waals surface area contributed by atoms with Crippen LogP contribution in [0.5, 0.6) is 0 Å². The molecule has 0 aromatic heterocycles. The second-order valence-electron chi connectivity index (χ2n) is 4.37. The van der Waals surface area contributed by atoms with E-state index in [1.165, 1.54) is 25.7 Å². The monoisotopic (exact) mass is 199 g/mol. The normalized spacial score (nSPS) is 40.1. The van der Waals surface area contributed by atoms with Crippen LogP contribution >= 0.6 is 11.8 Å². The summed E-state index contributed by atoms with van der Waals surface area (Å²) in [6.07, 6.45) is 5.72. The van der Waals surface area contributed by atoms with E-state index < -0.39 is 0 Å². The molecule has 0 aromatic carbocycles. The number of rotatable bonds is 1. The Labute approximate surface area is 83.6 Å². The molecule has 0 radical (unpaired) electrons. The largest absolute Gasteiger partial charge is 0.330 e. The fraction of sp³-hybridized carbons (Fsp3) is 0.900. The molecule has 2 rings (SSSR count). The van der Waals surface area contributed by atoms with Gasteiger partial charge in [-0.1, -0.05) is 0 Å². The first-order valence-electron chi connectivity index (χ1n) is 5.10. The Hall–Kier alpha value is -0.0200. The third-order valence-electron chi connectivity index (χ3n) is 3.41. The maximum Gasteiger partial charge on any atom is 0.144 e. The van der Waals surface area contributed by atoms with Gasteiger partial charge in [-0.3, -0.25) is 4.79 Å². The smallest absolute Gasteiger partial charge is 0.144 e. The van der Waals surface area contributed by atoms with E-state index in [1.807, 2.05) is 11.8 Å². The number of carbonyl (C=O) groups excluding carboxylic acids is 1. The first-order chi connectivity index (χ1) is 6.24. The Kier molecular flexibility index (Phi) is 2.65. The maximum atomic E-state index is 11.2. The summed E-state index contributed by atoms with van der Waals surface area (Å²) in [4.78, 5) is 11.2. The molecule has 2 aliphatic rings. The van der Waals surface area contributed by atoms with Crippen molar-refractivity contribution in [2.75, 3.05) is 12.3 Å². The van der Waals surface area contributed by atoms with Crippen molar-refractivity contribution in [3.63, 3.8) is 0 Å². The van der Waals surface area contributed by atoms with E-state index >= 15 is 0 Å². The average molecular weight is 199 g/mol. The van der Waals surface area contributed by atoms with Gasteiger partial charge in [0.1, 0.15) is 5.78 Å². The molecule has 13 heavy (non-hydrogen) atoms. The predicted octanol–water partition coefficient (Wildman–Crippen LogP) is 1.58. The van der Waals surface area contributed by atoms with Crippen LogP contribution in [0.1, 0.15) is 32.1 Å². The van der Waals surface area contributed by atoms with E-state index in [1.54, 1.807) is 0 Å². The minimum absolute atomic E-state index is 0.336. The summed E-state index contributed by atoms with van der Waals surface area (Å²) in [5.41, 5.74) is 5.64. The van der Waals surface area contributed by atoms with Gasteiger partial charge in [-0.25, -0.2) is 0 Å². The molecule has 0 bridgehead atoms. The molecule has 1 saturated carbocycles. The van der Waals surface area contributed by atoms with Gasteiger partial charge in [0, 0.05) is 11.2 Å². The summed E-state index contributed by atoms with van der Waals surface area (Å²) in [6, 6.07) is 0. The number of hydrogen-bond acceptors (Lipinski definition) is 3. The second-order valence-corrected chi connectivity index (χ2v) is 5.81. The lowest BCUT2D eigenvalue weighted by Gasteiger charge is -2.35. The molecule has 3 heteroatoms. The summed E-state index contributed by atoms with van der Waals surface area (Å²) in [5.74, 6) is 1.94. The zero-order valence-corrected chi connectivity index (χ0v) is 8.74. The molecule has 1 spiro atoms. The van der Waals surface area contributed by atoms with E-state index in [0.717, 1.165) is 24.6 Å². The summed E-state index contributed by atoms with van der Waals surface area (Å²) in [7, 11) is 0. The molecule has 0 amide bonds. The first kappa shape index (κ1) is 9.53. The highest BCUT2D eigenvalue weighted by Gasteiger charge is 2.41. The third-order valence-corrected chi connectivity index (χ3v) is 5.04. The lowest BCUT2D eigenvalue weighted by molar-refractivity contribution is -0.116. The van der Waals surface area contributed by atoms with Crippen LogP contribution in [0.4, 0.5) is 0 Å². The van der Waals surface area contributed by atoms with E-state index in [2.05, 4.69) is 0 Å². The van der Waals surface area contributed by atoms with Crippen molar-refractivity contribution in [1.82, 2.24) is 0 Å². The quantitative estimate of drug-likeness (QED) is 0.697. The van der Waals surface area contributed by atoms with Crippen molar-refractivity contribution in [2.24, 2.45) is 11.7 Å². The van der Waals surface area contributed by atoms with Crippen molar-refractivity contribution in [3.8, 4) is 0 Å². The summed E-state index contributed by atoms with van der Waals surface area (Å²) < 4.78 is 0.336. The van der Waals surface area contributed by atoms with Crippen molar-refractivity contribution in [3.05, 3.63) is 0 Å². The SMILES string of the molecule is NCC1CCC2(CC1)CC(=O)CS2. The van der Waals surface area contributed by atoms with Crippen LogP contribution in [0, 0.1) is 5.92 Å². The number of thioether (sulfide) groups is 1. The molecule has 1 aliphatic carbocycles. The van der Waals surface area contributed by atoms with Crippen molar-refractivity contribution in [2.45, 2.75) is 36.9 Å². The molecule has 0 aromatic rings. The molecular weight excluding hydrogens is 182 g/mol. The van der Waals surface area contributed by atoms with E-state index in [0.29, 0.717) is 10.5 Å². The van der Waals surface area contributed by atoms with Gasteiger partial charge in [0.15, 0.2) is 0 Å². The van der Waals surface area contributed by atoms with Crippen molar-refractivity contribution >= 4 is 17.5 Å². The highest BCUT2D eigenvalue weighted by atomic mass is 32.2. The Bertz CT molecular complexity index is 209. The molecule has 0 unspecified atom stereocenters. The zero-order chi connectivity index (χ0) is 9.31. The van der Waals surface area contributed by atoms with Gasteiger partial charge >= 0.3 is 0 Å². The molecular formula is C10H17NOS. The molecule has 0 atom stereocenters. The van der Waals surface area contributed by atoms with Crippen molar-refractivity contribution < 1.29 is 4.79 Å². The minimum Gasteiger partial charge on any atom is -0.330 e. The lowest BCUT2D eigenvalue weighted by Crippen LogP contribution is -2.31. The fourth-order valence-corrected chi connectivity index (χ4v) is 3.81. The molecule has 2 nitrogen and oxygen atoms in total. The molecule has 74 valence electrons. The highest BCUT2D eigenvalue weighted by Crippen LogP contribution is 2.47. The number of carbonyl (C=O) groups is 1. The van der Waals surface area contributed by atoms with Gasteiger partial charge in [-0.15, -0.1) is 11.8 Å². The lowest BCUT2D eigenvalue weighted by atomic mass is 9.79. The van der Waals surface area contributed by atoms with Crippen LogP contribution in [-0.4, -0.2) is 22.8 Å². The van der Waals surface area contributed by atoms with Crippen LogP contribution in [0.15, 0.2) is 0 Å². The Morgan fingerprint density at radius 3 is 2.62 bits per heavy atom. The summed E-state index contributed by atoms with van der Waals surface area (Å²) in [5, 5.41) is 0. The predicted molar refractivity (Wildman–Crippen MR) is 55.8 cm³/mol. The topological polar surface area (TPSA) is 43.1 Å². The molecule has 1 heterocycles. The van der Waals surface area contributed by atoms with Crippen molar-refractivity contribution in [1.29, 1.82) is 0 Å². The summed E-state index contributed by atoms with van der Waals surface area (Å²) in [6.45, 7) is 0.828. The van der Waals surface area contributed by atoms with Gasteiger partial charge in [0.05, 0.1) is 5.75 Å². The van der Waals surface area contributed by atoms with Crippen LogP contribution in [0.2, 0.25) is 0 Å².